The summed E-state index contributed by atoms with van der Waals surface area (Å²) in [6.45, 7) is 5.29. The van der Waals surface area contributed by atoms with E-state index in [1.54, 1.807) is 12.3 Å². The van der Waals surface area contributed by atoms with E-state index in [1.165, 1.54) is 0 Å². The quantitative estimate of drug-likeness (QED) is 0.912. The highest BCUT2D eigenvalue weighted by atomic mass is 16.1. The molecule has 3 rings (SSSR count). The van der Waals surface area contributed by atoms with Gasteiger partial charge in [-0.1, -0.05) is 18.2 Å². The molecule has 2 heterocycles. The van der Waals surface area contributed by atoms with Gasteiger partial charge in [-0.15, -0.1) is 0 Å². The third-order valence-corrected chi connectivity index (χ3v) is 4.63. The number of nitriles is 1. The lowest BCUT2D eigenvalue weighted by molar-refractivity contribution is 0.0947. The number of aryl methyl sites for hydroxylation is 1. The average molecular weight is 334 g/mol. The first-order valence-corrected chi connectivity index (χ1v) is 8.57. The maximum Gasteiger partial charge on any atom is 0.252 e. The lowest BCUT2D eigenvalue weighted by atomic mass is 10.1. The maximum absolute atomic E-state index is 12.2. The van der Waals surface area contributed by atoms with E-state index in [1.807, 2.05) is 37.3 Å². The Morgan fingerprint density at radius 1 is 1.36 bits per heavy atom. The normalized spacial score (nSPS) is 17.2. The summed E-state index contributed by atoms with van der Waals surface area (Å²) in [5.74, 6) is 0.373. The van der Waals surface area contributed by atoms with E-state index in [4.69, 9.17) is 0 Å². The molecule has 1 saturated heterocycles. The standard InChI is InChI=1S/C20H22N4O/c1-15-6-7-18(12-22-15)20(25)23-11-16-8-9-24(13-16)14-19-5-3-2-4-17(19)10-21/h2-7,12,16H,8-9,11,13-14H2,1H3,(H,23,25)/t16-/m0/s1. The van der Waals surface area contributed by atoms with Gasteiger partial charge in [0.1, 0.15) is 0 Å². The van der Waals surface area contributed by atoms with Gasteiger partial charge in [-0.3, -0.25) is 14.7 Å². The second-order valence-corrected chi connectivity index (χ2v) is 6.56. The molecule has 0 bridgehead atoms. The van der Waals surface area contributed by atoms with E-state index in [9.17, 15) is 10.1 Å². The minimum absolute atomic E-state index is 0.0687. The Bertz CT molecular complexity index is 779. The molecule has 5 nitrogen and oxygen atoms in total. The van der Waals surface area contributed by atoms with Crippen molar-refractivity contribution >= 4 is 5.91 Å². The van der Waals surface area contributed by atoms with Crippen LogP contribution >= 0.6 is 0 Å². The molecule has 5 heteroatoms. The molecular formula is C20H22N4O. The minimum Gasteiger partial charge on any atom is -0.352 e. The van der Waals surface area contributed by atoms with Crippen LogP contribution in [0, 0.1) is 24.2 Å². The van der Waals surface area contributed by atoms with Crippen LogP contribution in [0.3, 0.4) is 0 Å². The number of carbonyl (C=O) groups is 1. The Hall–Kier alpha value is -2.71. The third-order valence-electron chi connectivity index (χ3n) is 4.63. The summed E-state index contributed by atoms with van der Waals surface area (Å²) in [7, 11) is 0. The highest BCUT2D eigenvalue weighted by Crippen LogP contribution is 2.19. The lowest BCUT2D eigenvalue weighted by Gasteiger charge is -2.17. The highest BCUT2D eigenvalue weighted by molar-refractivity contribution is 5.93. The molecule has 1 aromatic heterocycles. The first kappa shape index (κ1) is 17.1. The smallest absolute Gasteiger partial charge is 0.252 e. The van der Waals surface area contributed by atoms with Gasteiger partial charge in [0.2, 0.25) is 0 Å². The van der Waals surface area contributed by atoms with E-state index in [0.29, 0.717) is 18.0 Å². The molecule has 0 unspecified atom stereocenters. The predicted octanol–water partition coefficient (Wildman–Crippen LogP) is 2.51. The monoisotopic (exact) mass is 334 g/mol. The number of rotatable bonds is 5. The van der Waals surface area contributed by atoms with Crippen LogP contribution in [-0.4, -0.2) is 35.4 Å². The molecule has 25 heavy (non-hydrogen) atoms. The topological polar surface area (TPSA) is 69.0 Å². The van der Waals surface area contributed by atoms with Crippen LogP contribution in [0.4, 0.5) is 0 Å². The molecule has 1 aromatic carbocycles. The van der Waals surface area contributed by atoms with Gasteiger partial charge in [-0.2, -0.15) is 5.26 Å². The number of likely N-dealkylation sites (tertiary alicyclic amines) is 1. The zero-order chi connectivity index (χ0) is 17.6. The predicted molar refractivity (Wildman–Crippen MR) is 95.8 cm³/mol. The first-order valence-electron chi connectivity index (χ1n) is 8.57. The average Bonchev–Trinajstić information content (AvgIpc) is 3.08. The van der Waals surface area contributed by atoms with E-state index >= 15 is 0 Å². The summed E-state index contributed by atoms with van der Waals surface area (Å²) >= 11 is 0. The van der Waals surface area contributed by atoms with Crippen molar-refractivity contribution in [2.75, 3.05) is 19.6 Å². The number of nitrogens with one attached hydrogen (secondary N) is 1. The van der Waals surface area contributed by atoms with Crippen LogP contribution in [0.5, 0.6) is 0 Å². The summed E-state index contributed by atoms with van der Waals surface area (Å²) in [5, 5.41) is 12.2. The van der Waals surface area contributed by atoms with Gasteiger partial charge >= 0.3 is 0 Å². The Morgan fingerprint density at radius 2 is 2.20 bits per heavy atom. The first-order chi connectivity index (χ1) is 12.2. The van der Waals surface area contributed by atoms with Crippen LogP contribution in [0.25, 0.3) is 0 Å². The maximum atomic E-state index is 12.2. The number of hydrogen-bond donors (Lipinski definition) is 1. The Morgan fingerprint density at radius 3 is 2.96 bits per heavy atom. The highest BCUT2D eigenvalue weighted by Gasteiger charge is 2.23. The zero-order valence-corrected chi connectivity index (χ0v) is 14.4. The molecule has 1 amide bonds. The van der Waals surface area contributed by atoms with Crippen molar-refractivity contribution in [2.45, 2.75) is 19.9 Å². The molecule has 1 aliphatic heterocycles. The van der Waals surface area contributed by atoms with Crippen molar-refractivity contribution in [2.24, 2.45) is 5.92 Å². The molecule has 2 aromatic rings. The summed E-state index contributed by atoms with van der Waals surface area (Å²) in [4.78, 5) is 18.7. The number of aromatic nitrogens is 1. The van der Waals surface area contributed by atoms with Crippen molar-refractivity contribution in [1.82, 2.24) is 15.2 Å². The summed E-state index contributed by atoms with van der Waals surface area (Å²) in [6.07, 6.45) is 2.67. The van der Waals surface area contributed by atoms with Gasteiger partial charge < -0.3 is 5.32 Å². The summed E-state index contributed by atoms with van der Waals surface area (Å²) < 4.78 is 0. The van der Waals surface area contributed by atoms with E-state index in [-0.39, 0.29) is 5.91 Å². The molecule has 0 spiro atoms. The number of carbonyl (C=O) groups excluding carboxylic acids is 1. The Kier molecular flexibility index (Phi) is 5.42. The number of pyridine rings is 1. The second kappa shape index (κ2) is 7.91. The van der Waals surface area contributed by atoms with Crippen LogP contribution < -0.4 is 5.32 Å². The molecular weight excluding hydrogens is 312 g/mol. The fourth-order valence-corrected chi connectivity index (χ4v) is 3.17. The zero-order valence-electron chi connectivity index (χ0n) is 14.4. The van der Waals surface area contributed by atoms with Crippen molar-refractivity contribution in [1.29, 1.82) is 5.26 Å². The molecule has 0 radical (unpaired) electrons. The molecule has 1 fully saturated rings. The van der Waals surface area contributed by atoms with Gasteiger partial charge in [0.15, 0.2) is 0 Å². The fourth-order valence-electron chi connectivity index (χ4n) is 3.17. The van der Waals surface area contributed by atoms with Gasteiger partial charge in [-0.25, -0.2) is 0 Å². The second-order valence-electron chi connectivity index (χ2n) is 6.56. The van der Waals surface area contributed by atoms with E-state index in [2.05, 4.69) is 21.3 Å². The number of hydrogen-bond acceptors (Lipinski definition) is 4. The molecule has 1 aliphatic rings. The largest absolute Gasteiger partial charge is 0.352 e. The van der Waals surface area contributed by atoms with Gasteiger partial charge in [0, 0.05) is 31.5 Å². The summed E-state index contributed by atoms with van der Waals surface area (Å²) in [6, 6.07) is 13.6. The van der Waals surface area contributed by atoms with Crippen LogP contribution in [0.1, 0.15) is 33.6 Å². The van der Waals surface area contributed by atoms with E-state index in [0.717, 1.165) is 42.9 Å². The van der Waals surface area contributed by atoms with Crippen molar-refractivity contribution in [3.05, 3.63) is 65.0 Å². The summed E-state index contributed by atoms with van der Waals surface area (Å²) in [5.41, 5.74) is 3.32. The Labute approximate surface area is 148 Å². The molecule has 0 aliphatic carbocycles. The Balaban J connectivity index is 1.49. The van der Waals surface area contributed by atoms with Crippen molar-refractivity contribution in [3.63, 3.8) is 0 Å². The number of benzene rings is 1. The van der Waals surface area contributed by atoms with Crippen molar-refractivity contribution in [3.8, 4) is 6.07 Å². The van der Waals surface area contributed by atoms with Gasteiger partial charge in [0.05, 0.1) is 17.2 Å². The number of nitrogens with zero attached hydrogens (tertiary/aromatic N) is 3. The molecule has 128 valence electrons. The van der Waals surface area contributed by atoms with Crippen LogP contribution in [0.15, 0.2) is 42.6 Å². The third kappa shape index (κ3) is 4.43. The molecule has 1 N–H and O–H groups in total. The van der Waals surface area contributed by atoms with Crippen LogP contribution in [-0.2, 0) is 6.54 Å². The fraction of sp³-hybridized carbons (Fsp3) is 0.350. The number of amides is 1. The van der Waals surface area contributed by atoms with Gasteiger partial charge in [0.25, 0.3) is 5.91 Å². The van der Waals surface area contributed by atoms with Crippen molar-refractivity contribution < 1.29 is 4.79 Å². The van der Waals surface area contributed by atoms with Crippen LogP contribution in [0.2, 0.25) is 0 Å². The minimum atomic E-state index is -0.0687. The van der Waals surface area contributed by atoms with Gasteiger partial charge in [-0.05, 0) is 49.6 Å². The SMILES string of the molecule is Cc1ccc(C(=O)NC[C@@H]2CCN(Cc3ccccc3C#N)C2)cn1. The molecule has 1 atom stereocenters. The molecule has 0 saturated carbocycles. The van der Waals surface area contributed by atoms with E-state index < -0.39 is 0 Å². The lowest BCUT2D eigenvalue weighted by Crippen LogP contribution is -2.31.